The van der Waals surface area contributed by atoms with E-state index in [2.05, 4.69) is 9.97 Å². The first-order chi connectivity index (χ1) is 8.16. The van der Waals surface area contributed by atoms with Crippen LogP contribution < -0.4 is 5.73 Å². The van der Waals surface area contributed by atoms with Crippen LogP contribution in [0, 0.1) is 5.41 Å². The summed E-state index contributed by atoms with van der Waals surface area (Å²) in [6, 6.07) is 5.24. The molecule has 4 nitrogen and oxygen atoms in total. The van der Waals surface area contributed by atoms with Crippen LogP contribution in [0.1, 0.15) is 5.56 Å². The Hall–Kier alpha value is -1.59. The van der Waals surface area contributed by atoms with E-state index in [1.54, 1.807) is 30.7 Å². The molecule has 3 N–H and O–H groups in total. The molecule has 0 aliphatic carbocycles. The summed E-state index contributed by atoms with van der Waals surface area (Å²) in [5.41, 5.74) is 5.99. The van der Waals surface area contributed by atoms with Crippen LogP contribution in [0.3, 0.4) is 0 Å². The summed E-state index contributed by atoms with van der Waals surface area (Å²) >= 11 is 7.52. The van der Waals surface area contributed by atoms with Crippen molar-refractivity contribution in [3.05, 3.63) is 47.4 Å². The van der Waals surface area contributed by atoms with Crippen LogP contribution in [0.15, 0.2) is 46.7 Å². The lowest BCUT2D eigenvalue weighted by molar-refractivity contribution is 1.05. The van der Waals surface area contributed by atoms with E-state index in [0.29, 0.717) is 10.6 Å². The zero-order chi connectivity index (χ0) is 12.3. The van der Waals surface area contributed by atoms with Crippen LogP contribution >= 0.6 is 23.4 Å². The number of nitrogens with zero attached hydrogens (tertiary/aromatic N) is 2. The molecule has 0 amide bonds. The number of nitrogen functional groups attached to an aromatic ring is 1. The number of amidine groups is 1. The van der Waals surface area contributed by atoms with E-state index in [1.165, 1.54) is 11.8 Å². The average molecular weight is 265 g/mol. The summed E-state index contributed by atoms with van der Waals surface area (Å²) in [4.78, 5) is 8.98. The molecule has 17 heavy (non-hydrogen) atoms. The largest absolute Gasteiger partial charge is 0.384 e. The molecule has 0 saturated heterocycles. The molecule has 0 spiro atoms. The summed E-state index contributed by atoms with van der Waals surface area (Å²) in [5, 5.41) is 8.63. The quantitative estimate of drug-likeness (QED) is 0.660. The molecule has 0 unspecified atom stereocenters. The van der Waals surface area contributed by atoms with Gasteiger partial charge in [0.25, 0.3) is 0 Å². The summed E-state index contributed by atoms with van der Waals surface area (Å²) in [6.07, 6.45) is 4.91. The molecule has 0 atom stereocenters. The van der Waals surface area contributed by atoms with Gasteiger partial charge in [-0.1, -0.05) is 29.4 Å². The Morgan fingerprint density at radius 1 is 1.35 bits per heavy atom. The lowest BCUT2D eigenvalue weighted by Crippen LogP contribution is -2.10. The summed E-state index contributed by atoms with van der Waals surface area (Å²) in [6.45, 7) is 0. The molecule has 2 aromatic rings. The first-order valence-corrected chi connectivity index (χ1v) is 5.94. The molecule has 1 aromatic heterocycles. The lowest BCUT2D eigenvalue weighted by Gasteiger charge is -2.05. The van der Waals surface area contributed by atoms with E-state index in [1.807, 2.05) is 6.07 Å². The smallest absolute Gasteiger partial charge is 0.122 e. The molecular weight excluding hydrogens is 256 g/mol. The van der Waals surface area contributed by atoms with Gasteiger partial charge in [0, 0.05) is 22.9 Å². The number of aromatic nitrogens is 2. The average Bonchev–Trinajstić information content (AvgIpc) is 2.33. The van der Waals surface area contributed by atoms with Crippen molar-refractivity contribution in [3.63, 3.8) is 0 Å². The Morgan fingerprint density at radius 3 is 2.76 bits per heavy atom. The Bertz CT molecular complexity index is 544. The van der Waals surface area contributed by atoms with E-state index < -0.39 is 0 Å². The standard InChI is InChI=1S/C11H9ClN4S/c12-8-5-7(11(13)14)1-2-9(8)17-10-6-15-3-4-16-10/h1-6H,(H3,13,14). The van der Waals surface area contributed by atoms with Gasteiger partial charge in [0.2, 0.25) is 0 Å². The number of nitrogens with two attached hydrogens (primary N) is 1. The van der Waals surface area contributed by atoms with Gasteiger partial charge in [0.15, 0.2) is 0 Å². The first kappa shape index (κ1) is 11.9. The van der Waals surface area contributed by atoms with Gasteiger partial charge >= 0.3 is 0 Å². The zero-order valence-corrected chi connectivity index (χ0v) is 10.3. The minimum atomic E-state index is 0.00273. The molecular formula is C11H9ClN4S. The monoisotopic (exact) mass is 264 g/mol. The van der Waals surface area contributed by atoms with Gasteiger partial charge in [0.05, 0.1) is 11.2 Å². The number of nitrogens with one attached hydrogen (secondary N) is 1. The number of hydrogen-bond donors (Lipinski definition) is 2. The second-order valence-corrected chi connectivity index (χ2v) is 4.67. The maximum Gasteiger partial charge on any atom is 0.122 e. The molecule has 0 bridgehead atoms. The van der Waals surface area contributed by atoms with Gasteiger partial charge in [0.1, 0.15) is 10.9 Å². The highest BCUT2D eigenvalue weighted by Crippen LogP contribution is 2.32. The summed E-state index contributed by atoms with van der Waals surface area (Å²) in [7, 11) is 0. The molecule has 0 aliphatic rings. The fourth-order valence-corrected chi connectivity index (χ4v) is 2.24. The van der Waals surface area contributed by atoms with E-state index >= 15 is 0 Å². The number of hydrogen-bond acceptors (Lipinski definition) is 4. The van der Waals surface area contributed by atoms with Crippen molar-refractivity contribution < 1.29 is 0 Å². The molecule has 0 saturated carbocycles. The molecule has 1 heterocycles. The van der Waals surface area contributed by atoms with Crippen molar-refractivity contribution in [2.75, 3.05) is 0 Å². The first-order valence-electron chi connectivity index (χ1n) is 4.74. The zero-order valence-electron chi connectivity index (χ0n) is 8.72. The highest BCUT2D eigenvalue weighted by atomic mass is 35.5. The molecule has 0 radical (unpaired) electrons. The van der Waals surface area contributed by atoms with Crippen molar-refractivity contribution >= 4 is 29.2 Å². The van der Waals surface area contributed by atoms with Gasteiger partial charge in [-0.15, -0.1) is 0 Å². The summed E-state index contributed by atoms with van der Waals surface area (Å²) in [5.74, 6) is 0.00273. The van der Waals surface area contributed by atoms with Crippen LogP contribution in [0.2, 0.25) is 5.02 Å². The Morgan fingerprint density at radius 2 is 2.18 bits per heavy atom. The molecule has 0 fully saturated rings. The van der Waals surface area contributed by atoms with Gasteiger partial charge < -0.3 is 5.73 Å². The van der Waals surface area contributed by atoms with Crippen molar-refractivity contribution in [2.45, 2.75) is 9.92 Å². The predicted octanol–water partition coefficient (Wildman–Crippen LogP) is 2.57. The molecule has 2 rings (SSSR count). The van der Waals surface area contributed by atoms with Crippen LogP contribution in [0.4, 0.5) is 0 Å². The highest BCUT2D eigenvalue weighted by Gasteiger charge is 2.06. The predicted molar refractivity (Wildman–Crippen MR) is 68.6 cm³/mol. The number of rotatable bonds is 3. The van der Waals surface area contributed by atoms with Crippen LogP contribution in [0.5, 0.6) is 0 Å². The van der Waals surface area contributed by atoms with E-state index in [0.717, 1.165) is 9.92 Å². The van der Waals surface area contributed by atoms with Crippen molar-refractivity contribution in [3.8, 4) is 0 Å². The number of halogens is 1. The van der Waals surface area contributed by atoms with Crippen LogP contribution in [-0.4, -0.2) is 15.8 Å². The number of benzene rings is 1. The second kappa shape index (κ2) is 5.16. The van der Waals surface area contributed by atoms with Crippen molar-refractivity contribution in [2.24, 2.45) is 5.73 Å². The lowest BCUT2D eigenvalue weighted by atomic mass is 10.2. The molecule has 6 heteroatoms. The summed E-state index contributed by atoms with van der Waals surface area (Å²) < 4.78 is 0. The van der Waals surface area contributed by atoms with Crippen LogP contribution in [-0.2, 0) is 0 Å². The fraction of sp³-hybridized carbons (Fsp3) is 0. The van der Waals surface area contributed by atoms with Gasteiger partial charge in [-0.05, 0) is 12.1 Å². The highest BCUT2D eigenvalue weighted by molar-refractivity contribution is 7.99. The van der Waals surface area contributed by atoms with E-state index in [9.17, 15) is 0 Å². The maximum atomic E-state index is 7.31. The Kier molecular flexibility index (Phi) is 3.61. The van der Waals surface area contributed by atoms with Gasteiger partial charge in [-0.3, -0.25) is 10.4 Å². The van der Waals surface area contributed by atoms with Crippen molar-refractivity contribution in [1.29, 1.82) is 5.41 Å². The second-order valence-electron chi connectivity index (χ2n) is 3.20. The van der Waals surface area contributed by atoms with E-state index in [-0.39, 0.29) is 5.84 Å². The van der Waals surface area contributed by atoms with E-state index in [4.69, 9.17) is 22.7 Å². The van der Waals surface area contributed by atoms with Gasteiger partial charge in [-0.2, -0.15) is 0 Å². The topological polar surface area (TPSA) is 75.7 Å². The Labute approximate surface area is 108 Å². The third-order valence-electron chi connectivity index (χ3n) is 2.00. The normalized spacial score (nSPS) is 10.2. The fourth-order valence-electron chi connectivity index (χ4n) is 1.20. The minimum absolute atomic E-state index is 0.00273. The third kappa shape index (κ3) is 2.95. The molecule has 1 aromatic carbocycles. The minimum Gasteiger partial charge on any atom is -0.384 e. The van der Waals surface area contributed by atoms with Crippen LogP contribution in [0.25, 0.3) is 0 Å². The molecule has 86 valence electrons. The third-order valence-corrected chi connectivity index (χ3v) is 3.42. The Balaban J connectivity index is 2.26. The molecule has 0 aliphatic heterocycles. The van der Waals surface area contributed by atoms with Crippen molar-refractivity contribution in [1.82, 2.24) is 9.97 Å². The van der Waals surface area contributed by atoms with Gasteiger partial charge in [-0.25, -0.2) is 4.98 Å². The maximum absolute atomic E-state index is 7.31. The SMILES string of the molecule is N=C(N)c1ccc(Sc2cnccn2)c(Cl)c1.